The summed E-state index contributed by atoms with van der Waals surface area (Å²) in [5, 5.41) is 5.70. The number of fused-ring (bicyclic) bond motifs is 2. The molecule has 4 aromatic rings. The lowest BCUT2D eigenvalue weighted by Crippen LogP contribution is -2.41. The van der Waals surface area contributed by atoms with Crippen LogP contribution in [0.3, 0.4) is 0 Å². The quantitative estimate of drug-likeness (QED) is 0.352. The van der Waals surface area contributed by atoms with E-state index in [4.69, 9.17) is 32.9 Å². The Morgan fingerprint density at radius 1 is 1.20 bits per heavy atom. The van der Waals surface area contributed by atoms with Crippen molar-refractivity contribution in [3.8, 4) is 5.88 Å². The molecule has 184 valence electrons. The highest BCUT2D eigenvalue weighted by molar-refractivity contribution is 7.88. The summed E-state index contributed by atoms with van der Waals surface area (Å²) in [6.45, 7) is 2.76. The smallest absolute Gasteiger partial charge is 0.223 e. The van der Waals surface area contributed by atoms with Crippen molar-refractivity contribution in [2.24, 2.45) is 0 Å². The zero-order valence-corrected chi connectivity index (χ0v) is 21.3. The maximum atomic E-state index is 11.8. The number of aromatic amines is 1. The number of halogens is 2. The van der Waals surface area contributed by atoms with Crippen LogP contribution >= 0.6 is 23.2 Å². The van der Waals surface area contributed by atoms with Crippen molar-refractivity contribution in [3.63, 3.8) is 0 Å². The Labute approximate surface area is 212 Å². The van der Waals surface area contributed by atoms with Crippen molar-refractivity contribution < 1.29 is 13.2 Å². The maximum absolute atomic E-state index is 11.8. The summed E-state index contributed by atoms with van der Waals surface area (Å²) in [4.78, 5) is 20.4. The van der Waals surface area contributed by atoms with Crippen LogP contribution in [0, 0.1) is 0 Å². The van der Waals surface area contributed by atoms with E-state index in [1.54, 1.807) is 6.07 Å². The van der Waals surface area contributed by atoms with Crippen LogP contribution in [0.5, 0.6) is 5.88 Å². The molecular formula is C22H23Cl2N7O3S. The summed E-state index contributed by atoms with van der Waals surface area (Å²) in [5.41, 5.74) is 1.78. The van der Waals surface area contributed by atoms with Gasteiger partial charge in [0.15, 0.2) is 17.0 Å². The Balaban J connectivity index is 1.44. The molecular weight excluding hydrogens is 513 g/mol. The average Bonchev–Trinajstić information content (AvgIpc) is 3.20. The summed E-state index contributed by atoms with van der Waals surface area (Å²) in [6, 6.07) is 7.31. The van der Waals surface area contributed by atoms with E-state index >= 15 is 0 Å². The van der Waals surface area contributed by atoms with Crippen molar-refractivity contribution in [2.75, 3.05) is 24.7 Å². The largest absolute Gasteiger partial charge is 0.474 e. The summed E-state index contributed by atoms with van der Waals surface area (Å²) in [6.07, 6.45) is 3.61. The van der Waals surface area contributed by atoms with E-state index in [0.717, 1.165) is 16.5 Å². The summed E-state index contributed by atoms with van der Waals surface area (Å²) in [5.74, 6) is 0.944. The summed E-state index contributed by atoms with van der Waals surface area (Å²) < 4.78 is 31.5. The van der Waals surface area contributed by atoms with Crippen molar-refractivity contribution >= 4 is 61.0 Å². The Morgan fingerprint density at radius 3 is 2.71 bits per heavy atom. The number of hydrogen-bond acceptors (Lipinski definition) is 8. The van der Waals surface area contributed by atoms with Gasteiger partial charge >= 0.3 is 0 Å². The van der Waals surface area contributed by atoms with Crippen LogP contribution in [-0.4, -0.2) is 63.1 Å². The van der Waals surface area contributed by atoms with Gasteiger partial charge in [-0.2, -0.15) is 0 Å². The Kier molecular flexibility index (Phi) is 6.43. The second-order valence-electron chi connectivity index (χ2n) is 8.48. The molecule has 35 heavy (non-hydrogen) atoms. The molecule has 0 amide bonds. The number of imidazole rings is 1. The zero-order valence-electron chi connectivity index (χ0n) is 19.0. The number of nitrogens with zero attached hydrogens (tertiary/aromatic N) is 5. The molecule has 0 saturated carbocycles. The van der Waals surface area contributed by atoms with E-state index in [-0.39, 0.29) is 17.4 Å². The molecule has 0 radical (unpaired) electrons. The van der Waals surface area contributed by atoms with Gasteiger partial charge in [-0.1, -0.05) is 23.7 Å². The molecule has 1 atom stereocenters. The van der Waals surface area contributed by atoms with Gasteiger partial charge in [0.05, 0.1) is 28.4 Å². The highest BCUT2D eigenvalue weighted by Crippen LogP contribution is 2.35. The molecule has 0 spiro atoms. The lowest BCUT2D eigenvalue weighted by Gasteiger charge is -2.30. The first kappa shape index (κ1) is 24.0. The number of sulfonamides is 1. The summed E-state index contributed by atoms with van der Waals surface area (Å²) in [7, 11) is -3.22. The lowest BCUT2D eigenvalue weighted by molar-refractivity contribution is 0.132. The van der Waals surface area contributed by atoms with Gasteiger partial charge in [-0.3, -0.25) is 0 Å². The van der Waals surface area contributed by atoms with Crippen LogP contribution in [0.15, 0.2) is 30.6 Å². The minimum absolute atomic E-state index is 0.175. The number of H-pyrrole nitrogens is 1. The second-order valence-corrected chi connectivity index (χ2v) is 11.2. The molecule has 4 heterocycles. The minimum atomic E-state index is -3.22. The fraction of sp³-hybridized carbons (Fsp3) is 0.364. The lowest BCUT2D eigenvalue weighted by atomic mass is 10.1. The van der Waals surface area contributed by atoms with Gasteiger partial charge in [-0.25, -0.2) is 32.7 Å². The molecule has 1 saturated heterocycles. The standard InChI is InChI=1S/C22H23Cl2N7O3S/c1-12(27-19-18-20(26-11-25-19)30-22(24)29-18)16-10-13-4-3-5-15(23)17(13)21(28-16)34-14-6-8-31(9-7-14)35(2,32)33/h3-5,10-12,14H,6-9H2,1-2H3,(H2,25,26,27,29,30)/t12-/m0/s1. The van der Waals surface area contributed by atoms with Crippen LogP contribution in [0.25, 0.3) is 21.9 Å². The van der Waals surface area contributed by atoms with E-state index in [0.29, 0.717) is 53.8 Å². The minimum Gasteiger partial charge on any atom is -0.474 e. The molecule has 1 aromatic carbocycles. The number of piperidine rings is 1. The fourth-order valence-electron chi connectivity index (χ4n) is 4.18. The molecule has 1 aliphatic rings. The molecule has 1 aliphatic heterocycles. The highest BCUT2D eigenvalue weighted by atomic mass is 35.5. The Hall–Kier alpha value is -2.73. The van der Waals surface area contributed by atoms with Gasteiger partial charge in [0.1, 0.15) is 12.4 Å². The predicted molar refractivity (Wildman–Crippen MR) is 136 cm³/mol. The molecule has 13 heteroatoms. The monoisotopic (exact) mass is 535 g/mol. The molecule has 10 nitrogen and oxygen atoms in total. The van der Waals surface area contributed by atoms with Crippen LogP contribution in [-0.2, 0) is 10.0 Å². The Bertz CT molecular complexity index is 1500. The number of ether oxygens (including phenoxy) is 1. The molecule has 2 N–H and O–H groups in total. The second kappa shape index (κ2) is 9.38. The van der Waals surface area contributed by atoms with Crippen LogP contribution in [0.2, 0.25) is 10.3 Å². The van der Waals surface area contributed by atoms with Crippen molar-refractivity contribution in [1.29, 1.82) is 0 Å². The maximum Gasteiger partial charge on any atom is 0.223 e. The SMILES string of the molecule is C[C@H](Nc1ncnc2[nH]c(Cl)nc12)c1cc2cccc(Cl)c2c(OC2CCN(S(C)(=O)=O)CC2)n1. The first-order chi connectivity index (χ1) is 16.7. The third kappa shape index (κ3) is 4.99. The summed E-state index contributed by atoms with van der Waals surface area (Å²) >= 11 is 12.5. The normalized spacial score (nSPS) is 16.6. The van der Waals surface area contributed by atoms with E-state index in [9.17, 15) is 8.42 Å². The molecule has 0 aliphatic carbocycles. The number of rotatable bonds is 6. The molecule has 0 unspecified atom stereocenters. The van der Waals surface area contributed by atoms with Crippen molar-refractivity contribution in [2.45, 2.75) is 31.9 Å². The molecule has 5 rings (SSSR count). The third-order valence-electron chi connectivity index (χ3n) is 5.99. The van der Waals surface area contributed by atoms with Crippen molar-refractivity contribution in [3.05, 3.63) is 46.6 Å². The van der Waals surface area contributed by atoms with Gasteiger partial charge in [0.2, 0.25) is 21.2 Å². The van der Waals surface area contributed by atoms with E-state index < -0.39 is 10.0 Å². The third-order valence-corrected chi connectivity index (χ3v) is 7.79. The zero-order chi connectivity index (χ0) is 24.7. The van der Waals surface area contributed by atoms with Gasteiger partial charge in [-0.15, -0.1) is 0 Å². The van der Waals surface area contributed by atoms with E-state index in [1.807, 2.05) is 25.1 Å². The molecule has 1 fully saturated rings. The molecule has 0 bridgehead atoms. The first-order valence-electron chi connectivity index (χ1n) is 11.0. The molecule has 3 aromatic heterocycles. The number of nitrogens with one attached hydrogen (secondary N) is 2. The van der Waals surface area contributed by atoms with Gasteiger partial charge in [0.25, 0.3) is 0 Å². The Morgan fingerprint density at radius 2 is 1.97 bits per heavy atom. The van der Waals surface area contributed by atoms with Gasteiger partial charge in [-0.05, 0) is 48.9 Å². The number of pyridine rings is 1. The van der Waals surface area contributed by atoms with Gasteiger partial charge < -0.3 is 15.0 Å². The van der Waals surface area contributed by atoms with Crippen LogP contribution in [0.1, 0.15) is 31.5 Å². The van der Waals surface area contributed by atoms with Crippen molar-refractivity contribution in [1.82, 2.24) is 29.2 Å². The average molecular weight is 536 g/mol. The number of hydrogen-bond donors (Lipinski definition) is 2. The van der Waals surface area contributed by atoms with E-state index in [1.165, 1.54) is 16.9 Å². The number of aromatic nitrogens is 5. The predicted octanol–water partition coefficient (Wildman–Crippen LogP) is 4.18. The van der Waals surface area contributed by atoms with E-state index in [2.05, 4.69) is 25.3 Å². The fourth-order valence-corrected chi connectivity index (χ4v) is 5.49. The number of benzene rings is 1. The topological polar surface area (TPSA) is 126 Å². The van der Waals surface area contributed by atoms with Gasteiger partial charge in [0, 0.05) is 13.1 Å². The van der Waals surface area contributed by atoms with Crippen LogP contribution < -0.4 is 10.1 Å². The van der Waals surface area contributed by atoms with Crippen LogP contribution in [0.4, 0.5) is 5.82 Å². The number of anilines is 1. The highest BCUT2D eigenvalue weighted by Gasteiger charge is 2.27. The first-order valence-corrected chi connectivity index (χ1v) is 13.6.